The van der Waals surface area contributed by atoms with Crippen molar-refractivity contribution in [3.05, 3.63) is 70.8 Å². The Morgan fingerprint density at radius 3 is 2.47 bits per heavy atom. The molecule has 0 unspecified atom stereocenters. The molecule has 0 bridgehead atoms. The lowest BCUT2D eigenvalue weighted by molar-refractivity contribution is -0.115. The Labute approximate surface area is 173 Å². The third-order valence-corrected chi connectivity index (χ3v) is 4.88. The second-order valence-electron chi connectivity index (χ2n) is 7.22. The van der Waals surface area contributed by atoms with E-state index in [1.165, 1.54) is 7.05 Å². The van der Waals surface area contributed by atoms with Crippen LogP contribution >= 0.6 is 0 Å². The van der Waals surface area contributed by atoms with Gasteiger partial charge in [0.15, 0.2) is 0 Å². The molecule has 0 atom stereocenters. The molecule has 0 saturated carbocycles. The minimum absolute atomic E-state index is 0.0380. The summed E-state index contributed by atoms with van der Waals surface area (Å²) in [6.45, 7) is 3.69. The fourth-order valence-electron chi connectivity index (χ4n) is 3.38. The maximum Gasteiger partial charge on any atom is 0.261 e. The highest BCUT2D eigenvalue weighted by Gasteiger charge is 2.35. The molecule has 3 amide bonds. The molecular weight excluding hydrogens is 382 g/mol. The van der Waals surface area contributed by atoms with E-state index >= 15 is 0 Å². The number of benzene rings is 1. The van der Waals surface area contributed by atoms with E-state index < -0.39 is 0 Å². The highest BCUT2D eigenvalue weighted by molar-refractivity contribution is 6.22. The first kappa shape index (κ1) is 19.4. The maximum absolute atomic E-state index is 12.6. The smallest absolute Gasteiger partial charge is 0.261 e. The molecule has 0 saturated heterocycles. The molecule has 0 fully saturated rings. The van der Waals surface area contributed by atoms with E-state index in [2.05, 4.69) is 20.3 Å². The van der Waals surface area contributed by atoms with Gasteiger partial charge in [-0.15, -0.1) is 0 Å². The second kappa shape index (κ2) is 7.47. The molecule has 0 radical (unpaired) electrons. The number of carbonyl (C=O) groups is 3. The number of imide groups is 1. The van der Waals surface area contributed by atoms with Crippen LogP contribution in [0, 0.1) is 13.8 Å². The Kier molecular flexibility index (Phi) is 4.83. The van der Waals surface area contributed by atoms with Crippen molar-refractivity contribution in [3.63, 3.8) is 0 Å². The first-order chi connectivity index (χ1) is 14.3. The van der Waals surface area contributed by atoms with Gasteiger partial charge in [-0.3, -0.25) is 29.3 Å². The van der Waals surface area contributed by atoms with Gasteiger partial charge in [0, 0.05) is 25.0 Å². The average Bonchev–Trinajstić information content (AvgIpc) is 2.93. The summed E-state index contributed by atoms with van der Waals surface area (Å²) in [5, 5.41) is 2.73. The van der Waals surface area contributed by atoms with Crippen LogP contribution in [0.3, 0.4) is 0 Å². The van der Waals surface area contributed by atoms with Gasteiger partial charge in [0.05, 0.1) is 35.1 Å². The Balaban J connectivity index is 1.51. The molecule has 150 valence electrons. The van der Waals surface area contributed by atoms with Crippen LogP contribution in [0.4, 0.5) is 5.82 Å². The molecule has 1 N–H and O–H groups in total. The fraction of sp³-hybridized carbons (Fsp3) is 0.182. The van der Waals surface area contributed by atoms with E-state index in [-0.39, 0.29) is 24.1 Å². The molecule has 0 aliphatic carbocycles. The molecule has 3 heterocycles. The number of nitrogens with one attached hydrogen (secondary N) is 1. The first-order valence-corrected chi connectivity index (χ1v) is 9.34. The summed E-state index contributed by atoms with van der Waals surface area (Å²) < 4.78 is 0. The molecule has 1 aliphatic heterocycles. The number of hydrogen-bond acceptors (Lipinski definition) is 6. The van der Waals surface area contributed by atoms with Gasteiger partial charge < -0.3 is 5.32 Å². The molecular formula is C22H19N5O3. The zero-order valence-electron chi connectivity index (χ0n) is 16.8. The van der Waals surface area contributed by atoms with E-state index in [0.29, 0.717) is 28.2 Å². The number of amides is 3. The summed E-state index contributed by atoms with van der Waals surface area (Å²) in [6.07, 6.45) is 4.91. The number of rotatable bonds is 4. The Bertz CT molecular complexity index is 1170. The third kappa shape index (κ3) is 3.55. The number of nitrogens with zero attached hydrogens (tertiary/aromatic N) is 4. The monoisotopic (exact) mass is 401 g/mol. The van der Waals surface area contributed by atoms with Gasteiger partial charge >= 0.3 is 0 Å². The van der Waals surface area contributed by atoms with Crippen LogP contribution in [0.1, 0.15) is 37.5 Å². The molecule has 4 rings (SSSR count). The lowest BCUT2D eigenvalue weighted by Gasteiger charge is -2.09. The van der Waals surface area contributed by atoms with Crippen molar-refractivity contribution in [2.24, 2.45) is 0 Å². The van der Waals surface area contributed by atoms with E-state index in [9.17, 15) is 14.4 Å². The molecule has 2 aromatic heterocycles. The molecule has 1 aromatic carbocycles. The predicted octanol–water partition coefficient (Wildman–Crippen LogP) is 2.56. The largest absolute Gasteiger partial charge is 0.310 e. The summed E-state index contributed by atoms with van der Waals surface area (Å²) in [5.41, 5.74) is 4.27. The molecule has 8 heteroatoms. The lowest BCUT2D eigenvalue weighted by atomic mass is 9.97. The van der Waals surface area contributed by atoms with Crippen molar-refractivity contribution >= 4 is 23.5 Å². The van der Waals surface area contributed by atoms with E-state index in [1.54, 1.807) is 42.9 Å². The van der Waals surface area contributed by atoms with Crippen LogP contribution < -0.4 is 5.32 Å². The Morgan fingerprint density at radius 1 is 1.00 bits per heavy atom. The van der Waals surface area contributed by atoms with Crippen molar-refractivity contribution in [1.29, 1.82) is 0 Å². The van der Waals surface area contributed by atoms with Gasteiger partial charge in [-0.05, 0) is 43.2 Å². The number of hydrogen-bond donors (Lipinski definition) is 1. The summed E-state index contributed by atoms with van der Waals surface area (Å²) in [6, 6.07) is 6.91. The van der Waals surface area contributed by atoms with Crippen molar-refractivity contribution in [1.82, 2.24) is 19.9 Å². The van der Waals surface area contributed by atoms with Crippen LogP contribution in [-0.4, -0.2) is 44.6 Å². The molecule has 3 aromatic rings. The normalized spacial score (nSPS) is 12.8. The van der Waals surface area contributed by atoms with Gasteiger partial charge in [0.2, 0.25) is 5.91 Å². The third-order valence-electron chi connectivity index (χ3n) is 4.88. The molecule has 30 heavy (non-hydrogen) atoms. The lowest BCUT2D eigenvalue weighted by Crippen LogP contribution is -2.24. The number of anilines is 1. The van der Waals surface area contributed by atoms with Gasteiger partial charge in [0.1, 0.15) is 5.82 Å². The van der Waals surface area contributed by atoms with E-state index in [1.807, 2.05) is 13.8 Å². The molecule has 0 spiro atoms. The van der Waals surface area contributed by atoms with Crippen LogP contribution in [0.2, 0.25) is 0 Å². The summed E-state index contributed by atoms with van der Waals surface area (Å²) in [4.78, 5) is 51.1. The highest BCUT2D eigenvalue weighted by atomic mass is 16.2. The van der Waals surface area contributed by atoms with Crippen LogP contribution in [-0.2, 0) is 11.2 Å². The van der Waals surface area contributed by atoms with E-state index in [4.69, 9.17) is 0 Å². The SMILES string of the molecule is Cc1cc(CC(=O)Nc2ccc(-c3cnc(C)cn3)cn2)c2c(c1)C(=O)N(C)C2=O. The number of carbonyl (C=O) groups excluding carboxylic acids is 3. The van der Waals surface area contributed by atoms with Gasteiger partial charge in [-0.1, -0.05) is 6.07 Å². The average molecular weight is 401 g/mol. The van der Waals surface area contributed by atoms with Crippen molar-refractivity contribution in [3.8, 4) is 11.3 Å². The minimum Gasteiger partial charge on any atom is -0.310 e. The van der Waals surface area contributed by atoms with Crippen LogP contribution in [0.15, 0.2) is 42.9 Å². The van der Waals surface area contributed by atoms with Gasteiger partial charge in [-0.2, -0.15) is 0 Å². The quantitative estimate of drug-likeness (QED) is 0.674. The van der Waals surface area contributed by atoms with Crippen molar-refractivity contribution < 1.29 is 14.4 Å². The number of aromatic nitrogens is 3. The van der Waals surface area contributed by atoms with Gasteiger partial charge in [0.25, 0.3) is 11.8 Å². The standard InChI is InChI=1S/C22H19N5O3/c1-12-6-15(20-16(7-12)21(29)27(3)22(20)30)8-19(28)26-18-5-4-14(10-25-18)17-11-23-13(2)9-24-17/h4-7,9-11H,8H2,1-3H3,(H,25,26,28). The minimum atomic E-state index is -0.389. The van der Waals surface area contributed by atoms with Crippen molar-refractivity contribution in [2.75, 3.05) is 12.4 Å². The Hall–Kier alpha value is -3.94. The summed E-state index contributed by atoms with van der Waals surface area (Å²) in [7, 11) is 1.44. The summed E-state index contributed by atoms with van der Waals surface area (Å²) in [5.74, 6) is -0.683. The maximum atomic E-state index is 12.6. The predicted molar refractivity (Wildman–Crippen MR) is 110 cm³/mol. The highest BCUT2D eigenvalue weighted by Crippen LogP contribution is 2.27. The second-order valence-corrected chi connectivity index (χ2v) is 7.22. The van der Waals surface area contributed by atoms with Crippen LogP contribution in [0.5, 0.6) is 0 Å². The van der Waals surface area contributed by atoms with Crippen molar-refractivity contribution in [2.45, 2.75) is 20.3 Å². The fourth-order valence-corrected chi connectivity index (χ4v) is 3.38. The molecule has 1 aliphatic rings. The molecule has 8 nitrogen and oxygen atoms in total. The number of aryl methyl sites for hydroxylation is 2. The topological polar surface area (TPSA) is 105 Å². The van der Waals surface area contributed by atoms with Crippen LogP contribution in [0.25, 0.3) is 11.3 Å². The first-order valence-electron chi connectivity index (χ1n) is 9.34. The van der Waals surface area contributed by atoms with Gasteiger partial charge in [-0.25, -0.2) is 4.98 Å². The summed E-state index contributed by atoms with van der Waals surface area (Å²) >= 11 is 0. The van der Waals surface area contributed by atoms with E-state index in [0.717, 1.165) is 21.7 Å². The number of fused-ring (bicyclic) bond motifs is 1. The zero-order valence-corrected chi connectivity index (χ0v) is 16.8. The number of pyridine rings is 1. The Morgan fingerprint density at radius 2 is 1.80 bits per heavy atom. The zero-order chi connectivity index (χ0) is 21.4.